The predicted molar refractivity (Wildman–Crippen MR) is 67.5 cm³/mol. The largest absolute Gasteiger partial charge is 0.466 e. The monoisotopic (exact) mass is 248 g/mol. The lowest BCUT2D eigenvalue weighted by Gasteiger charge is -2.02. The third-order valence-electron chi connectivity index (χ3n) is 2.05. The molecule has 0 saturated heterocycles. The molecule has 1 N–H and O–H groups in total. The number of esters is 1. The Hall–Kier alpha value is -2.17. The fraction of sp³-hybridized carbons (Fsp3) is 0.308. The molecule has 0 unspecified atom stereocenters. The summed E-state index contributed by atoms with van der Waals surface area (Å²) >= 11 is 0. The van der Waals surface area contributed by atoms with Crippen LogP contribution in [0.3, 0.4) is 0 Å². The number of rotatable bonds is 6. The molecule has 0 aliphatic carbocycles. The second-order valence-corrected chi connectivity index (χ2v) is 3.47. The molecule has 0 spiro atoms. The maximum atomic E-state index is 11.4. The standard InChI is InChI=1S/C13H16N2O3/c1-2-18-13(17)7-9-15-12(16)6-5-11-4-3-8-14-10-11/h3-6,8,10H,2,7,9H2,1H3,(H,15,16). The summed E-state index contributed by atoms with van der Waals surface area (Å²) < 4.78 is 4.74. The zero-order chi connectivity index (χ0) is 13.2. The minimum atomic E-state index is -0.311. The molecule has 0 aromatic carbocycles. The quantitative estimate of drug-likeness (QED) is 0.606. The Kier molecular flexibility index (Phi) is 6.17. The first-order chi connectivity index (χ1) is 8.72. The number of hydrogen-bond donors (Lipinski definition) is 1. The van der Waals surface area contributed by atoms with Gasteiger partial charge in [0.1, 0.15) is 0 Å². The summed E-state index contributed by atoms with van der Waals surface area (Å²) in [5, 5.41) is 2.60. The summed E-state index contributed by atoms with van der Waals surface area (Å²) in [5.41, 5.74) is 0.845. The van der Waals surface area contributed by atoms with Gasteiger partial charge in [0.05, 0.1) is 13.0 Å². The van der Waals surface area contributed by atoms with Crippen LogP contribution in [0.15, 0.2) is 30.6 Å². The van der Waals surface area contributed by atoms with Crippen LogP contribution < -0.4 is 5.32 Å². The molecule has 1 rings (SSSR count). The molecule has 18 heavy (non-hydrogen) atoms. The molecule has 96 valence electrons. The van der Waals surface area contributed by atoms with Crippen LogP contribution in [0.2, 0.25) is 0 Å². The third-order valence-corrected chi connectivity index (χ3v) is 2.05. The van der Waals surface area contributed by atoms with Crippen molar-refractivity contribution in [3.8, 4) is 0 Å². The van der Waals surface area contributed by atoms with Crippen molar-refractivity contribution in [2.24, 2.45) is 0 Å². The van der Waals surface area contributed by atoms with Gasteiger partial charge in [-0.25, -0.2) is 0 Å². The number of nitrogens with zero attached hydrogens (tertiary/aromatic N) is 1. The molecule has 0 atom stereocenters. The van der Waals surface area contributed by atoms with Gasteiger partial charge in [0.25, 0.3) is 0 Å². The molecular formula is C13H16N2O3. The Labute approximate surface area is 106 Å². The van der Waals surface area contributed by atoms with Crippen molar-refractivity contribution in [3.05, 3.63) is 36.2 Å². The van der Waals surface area contributed by atoms with Crippen LogP contribution in [-0.2, 0) is 14.3 Å². The molecule has 0 aliphatic heterocycles. The summed E-state index contributed by atoms with van der Waals surface area (Å²) in [6.07, 6.45) is 6.56. The molecule has 5 heteroatoms. The lowest BCUT2D eigenvalue weighted by molar-refractivity contribution is -0.142. The second-order valence-electron chi connectivity index (χ2n) is 3.47. The maximum absolute atomic E-state index is 11.4. The van der Waals surface area contributed by atoms with Crippen molar-refractivity contribution in [1.82, 2.24) is 10.3 Å². The summed E-state index contributed by atoms with van der Waals surface area (Å²) in [6, 6.07) is 3.63. The average Bonchev–Trinajstić information content (AvgIpc) is 2.38. The molecule has 1 aromatic heterocycles. The van der Waals surface area contributed by atoms with Gasteiger partial charge in [-0.15, -0.1) is 0 Å². The normalized spacial score (nSPS) is 10.3. The first-order valence-corrected chi connectivity index (χ1v) is 5.74. The van der Waals surface area contributed by atoms with Gasteiger partial charge in [0.15, 0.2) is 0 Å². The summed E-state index contributed by atoms with van der Waals surface area (Å²) in [4.78, 5) is 26.3. The van der Waals surface area contributed by atoms with E-state index >= 15 is 0 Å². The Balaban J connectivity index is 2.26. The lowest BCUT2D eigenvalue weighted by atomic mass is 10.2. The Morgan fingerprint density at radius 3 is 3.00 bits per heavy atom. The zero-order valence-corrected chi connectivity index (χ0v) is 10.3. The van der Waals surface area contributed by atoms with Gasteiger partial charge in [-0.1, -0.05) is 6.07 Å². The number of hydrogen-bond acceptors (Lipinski definition) is 4. The molecule has 1 heterocycles. The van der Waals surface area contributed by atoms with E-state index < -0.39 is 0 Å². The van der Waals surface area contributed by atoms with E-state index in [1.165, 1.54) is 6.08 Å². The summed E-state index contributed by atoms with van der Waals surface area (Å²) in [5.74, 6) is -0.558. The maximum Gasteiger partial charge on any atom is 0.307 e. The molecule has 0 aliphatic rings. The minimum Gasteiger partial charge on any atom is -0.466 e. The van der Waals surface area contributed by atoms with Gasteiger partial charge in [-0.05, 0) is 24.6 Å². The molecule has 1 amide bonds. The fourth-order valence-electron chi connectivity index (χ4n) is 1.23. The van der Waals surface area contributed by atoms with Gasteiger partial charge in [-0.2, -0.15) is 0 Å². The number of carbonyl (C=O) groups excluding carboxylic acids is 2. The number of pyridine rings is 1. The average molecular weight is 248 g/mol. The lowest BCUT2D eigenvalue weighted by Crippen LogP contribution is -2.24. The van der Waals surface area contributed by atoms with Crippen LogP contribution in [0.5, 0.6) is 0 Å². The first-order valence-electron chi connectivity index (χ1n) is 5.74. The van der Waals surface area contributed by atoms with Crippen LogP contribution in [0.4, 0.5) is 0 Å². The predicted octanol–water partition coefficient (Wildman–Crippen LogP) is 1.16. The molecule has 5 nitrogen and oxygen atoms in total. The van der Waals surface area contributed by atoms with Crippen molar-refractivity contribution >= 4 is 18.0 Å². The summed E-state index contributed by atoms with van der Waals surface area (Å²) in [7, 11) is 0. The van der Waals surface area contributed by atoms with Gasteiger partial charge in [0.2, 0.25) is 5.91 Å². The third kappa shape index (κ3) is 5.79. The van der Waals surface area contributed by atoms with Crippen molar-refractivity contribution in [1.29, 1.82) is 0 Å². The van der Waals surface area contributed by atoms with E-state index in [1.54, 1.807) is 31.5 Å². The Bertz CT molecular complexity index is 416. The van der Waals surface area contributed by atoms with Crippen molar-refractivity contribution < 1.29 is 14.3 Å². The van der Waals surface area contributed by atoms with Crippen LogP contribution in [0, 0.1) is 0 Å². The number of ether oxygens (including phenoxy) is 1. The van der Waals surface area contributed by atoms with Gasteiger partial charge < -0.3 is 10.1 Å². The van der Waals surface area contributed by atoms with Crippen LogP contribution in [0.1, 0.15) is 18.9 Å². The van der Waals surface area contributed by atoms with E-state index in [9.17, 15) is 9.59 Å². The number of amides is 1. The molecule has 1 aromatic rings. The summed E-state index contributed by atoms with van der Waals surface area (Å²) in [6.45, 7) is 2.37. The first kappa shape index (κ1) is 13.9. The number of aromatic nitrogens is 1. The highest BCUT2D eigenvalue weighted by Gasteiger charge is 2.01. The van der Waals surface area contributed by atoms with E-state index in [1.807, 2.05) is 6.07 Å². The van der Waals surface area contributed by atoms with Gasteiger partial charge >= 0.3 is 5.97 Å². The highest BCUT2D eigenvalue weighted by Crippen LogP contribution is 1.97. The minimum absolute atomic E-state index is 0.181. The van der Waals surface area contributed by atoms with E-state index in [-0.39, 0.29) is 24.8 Å². The highest BCUT2D eigenvalue weighted by atomic mass is 16.5. The van der Waals surface area contributed by atoms with Crippen molar-refractivity contribution in [2.45, 2.75) is 13.3 Å². The fourth-order valence-corrected chi connectivity index (χ4v) is 1.23. The molecule has 0 bridgehead atoms. The van der Waals surface area contributed by atoms with E-state index in [4.69, 9.17) is 4.74 Å². The molecule has 0 saturated carbocycles. The van der Waals surface area contributed by atoms with Crippen LogP contribution in [0.25, 0.3) is 6.08 Å². The topological polar surface area (TPSA) is 68.3 Å². The van der Waals surface area contributed by atoms with E-state index in [2.05, 4.69) is 10.3 Å². The Morgan fingerprint density at radius 2 is 2.33 bits per heavy atom. The molecular weight excluding hydrogens is 232 g/mol. The van der Waals surface area contributed by atoms with Gasteiger partial charge in [0, 0.05) is 25.0 Å². The molecule has 0 radical (unpaired) electrons. The zero-order valence-electron chi connectivity index (χ0n) is 10.3. The van der Waals surface area contributed by atoms with Gasteiger partial charge in [-0.3, -0.25) is 14.6 Å². The number of nitrogens with one attached hydrogen (secondary N) is 1. The molecule has 0 fully saturated rings. The highest BCUT2D eigenvalue weighted by molar-refractivity contribution is 5.91. The number of carbonyl (C=O) groups is 2. The van der Waals surface area contributed by atoms with E-state index in [0.717, 1.165) is 5.56 Å². The van der Waals surface area contributed by atoms with Crippen LogP contribution in [-0.4, -0.2) is 30.0 Å². The van der Waals surface area contributed by atoms with Crippen molar-refractivity contribution in [3.63, 3.8) is 0 Å². The Morgan fingerprint density at radius 1 is 1.50 bits per heavy atom. The van der Waals surface area contributed by atoms with E-state index in [0.29, 0.717) is 6.61 Å². The second kappa shape index (κ2) is 8.00. The SMILES string of the molecule is CCOC(=O)CCNC(=O)C=Cc1cccnc1. The van der Waals surface area contributed by atoms with Crippen molar-refractivity contribution in [2.75, 3.05) is 13.2 Å². The van der Waals surface area contributed by atoms with Crippen LogP contribution >= 0.6 is 0 Å². The smallest absolute Gasteiger partial charge is 0.307 e.